The summed E-state index contributed by atoms with van der Waals surface area (Å²) in [6, 6.07) is 13.5. The maximum absolute atomic E-state index is 10.8. The van der Waals surface area contributed by atoms with Gasteiger partial charge >= 0.3 is 5.97 Å². The van der Waals surface area contributed by atoms with Crippen LogP contribution in [0.4, 0.5) is 0 Å². The van der Waals surface area contributed by atoms with Crippen molar-refractivity contribution in [2.45, 2.75) is 32.1 Å². The third kappa shape index (κ3) is 5.04. The number of benzene rings is 2. The highest BCUT2D eigenvalue weighted by molar-refractivity contribution is 6.30. The topological polar surface area (TPSA) is 55.8 Å². The van der Waals surface area contributed by atoms with Crippen LogP contribution in [0.1, 0.15) is 36.8 Å². The number of methoxy groups -OCH3 is 1. The lowest BCUT2D eigenvalue weighted by molar-refractivity contribution is -0.136. The molecule has 142 valence electrons. The van der Waals surface area contributed by atoms with E-state index in [-0.39, 0.29) is 6.42 Å². The van der Waals surface area contributed by atoms with Crippen LogP contribution in [0.5, 0.6) is 11.5 Å². The minimum absolute atomic E-state index is 0.0773. The van der Waals surface area contributed by atoms with Crippen molar-refractivity contribution in [2.24, 2.45) is 0 Å². The molecule has 1 aliphatic carbocycles. The van der Waals surface area contributed by atoms with E-state index in [1.165, 1.54) is 16.7 Å². The van der Waals surface area contributed by atoms with Crippen molar-refractivity contribution >= 4 is 23.1 Å². The number of allylic oxidation sites excluding steroid dienone is 1. The summed E-state index contributed by atoms with van der Waals surface area (Å²) in [5, 5.41) is 9.60. The summed E-state index contributed by atoms with van der Waals surface area (Å²) < 4.78 is 11.4. The van der Waals surface area contributed by atoms with E-state index in [2.05, 4.69) is 12.1 Å². The minimum Gasteiger partial charge on any atom is -0.496 e. The van der Waals surface area contributed by atoms with Gasteiger partial charge in [-0.3, -0.25) is 4.79 Å². The van der Waals surface area contributed by atoms with E-state index in [4.69, 9.17) is 26.2 Å². The maximum Gasteiger partial charge on any atom is 0.303 e. The molecule has 0 amide bonds. The quantitative estimate of drug-likeness (QED) is 0.661. The second-order valence-corrected chi connectivity index (χ2v) is 7.04. The number of hydrogen-bond acceptors (Lipinski definition) is 3. The van der Waals surface area contributed by atoms with Crippen molar-refractivity contribution in [3.05, 3.63) is 64.2 Å². The molecule has 0 spiro atoms. The molecule has 0 fully saturated rings. The smallest absolute Gasteiger partial charge is 0.303 e. The number of hydrogen-bond donors (Lipinski definition) is 1. The number of aliphatic carboxylic acids is 1. The molecule has 0 unspecified atom stereocenters. The van der Waals surface area contributed by atoms with E-state index in [1.807, 2.05) is 30.3 Å². The van der Waals surface area contributed by atoms with Crippen LogP contribution >= 0.6 is 11.6 Å². The molecule has 27 heavy (non-hydrogen) atoms. The van der Waals surface area contributed by atoms with Crippen LogP contribution in [0, 0.1) is 0 Å². The first-order valence-electron chi connectivity index (χ1n) is 9.05. The first-order chi connectivity index (χ1) is 13.1. The average molecular weight is 387 g/mol. The van der Waals surface area contributed by atoms with Gasteiger partial charge in [-0.1, -0.05) is 29.8 Å². The van der Waals surface area contributed by atoms with Crippen LogP contribution < -0.4 is 9.47 Å². The molecule has 0 bridgehead atoms. The van der Waals surface area contributed by atoms with Crippen molar-refractivity contribution in [3.8, 4) is 11.5 Å². The Hall–Kier alpha value is -2.46. The first kappa shape index (κ1) is 19.3. The molecular formula is C22H23ClO4. The summed E-state index contributed by atoms with van der Waals surface area (Å²) in [7, 11) is 1.58. The van der Waals surface area contributed by atoms with Crippen molar-refractivity contribution < 1.29 is 19.4 Å². The van der Waals surface area contributed by atoms with Gasteiger partial charge in [0.1, 0.15) is 18.1 Å². The predicted molar refractivity (Wildman–Crippen MR) is 107 cm³/mol. The van der Waals surface area contributed by atoms with Gasteiger partial charge in [0, 0.05) is 17.5 Å². The third-order valence-corrected chi connectivity index (χ3v) is 5.06. The zero-order valence-electron chi connectivity index (χ0n) is 15.3. The summed E-state index contributed by atoms with van der Waals surface area (Å²) in [5.41, 5.74) is 4.73. The number of carboxylic acid groups (broad SMARTS) is 1. The Balaban J connectivity index is 1.70. The summed E-state index contributed by atoms with van der Waals surface area (Å²) in [4.78, 5) is 10.8. The van der Waals surface area contributed by atoms with Crippen LogP contribution in [0.2, 0.25) is 5.02 Å². The van der Waals surface area contributed by atoms with E-state index in [9.17, 15) is 4.79 Å². The van der Waals surface area contributed by atoms with E-state index in [1.54, 1.807) is 7.11 Å². The molecule has 1 aliphatic rings. The van der Waals surface area contributed by atoms with Gasteiger partial charge in [-0.05, 0) is 66.2 Å². The van der Waals surface area contributed by atoms with Gasteiger partial charge in [0.2, 0.25) is 0 Å². The summed E-state index contributed by atoms with van der Waals surface area (Å²) >= 11 is 5.99. The monoisotopic (exact) mass is 386 g/mol. The Kier molecular flexibility index (Phi) is 6.40. The van der Waals surface area contributed by atoms with Crippen molar-refractivity contribution in [1.29, 1.82) is 0 Å². The molecule has 2 aromatic rings. The molecule has 0 saturated heterocycles. The van der Waals surface area contributed by atoms with Gasteiger partial charge < -0.3 is 14.6 Å². The lowest BCUT2D eigenvalue weighted by Gasteiger charge is -2.13. The molecular weight excluding hydrogens is 364 g/mol. The van der Waals surface area contributed by atoms with E-state index >= 15 is 0 Å². The fourth-order valence-electron chi connectivity index (χ4n) is 3.40. The lowest BCUT2D eigenvalue weighted by Crippen LogP contribution is -2.03. The Labute approximate surface area is 164 Å². The Morgan fingerprint density at radius 3 is 2.63 bits per heavy atom. The molecule has 1 N–H and O–H groups in total. The van der Waals surface area contributed by atoms with Gasteiger partial charge in [0.15, 0.2) is 0 Å². The van der Waals surface area contributed by atoms with Gasteiger partial charge in [0.25, 0.3) is 0 Å². The summed E-state index contributed by atoms with van der Waals surface area (Å²) in [6.45, 7) is 0.537. The Bertz CT molecular complexity index is 840. The molecule has 0 heterocycles. The number of carboxylic acids is 1. The van der Waals surface area contributed by atoms with Crippen LogP contribution in [0.25, 0.3) is 5.57 Å². The number of carbonyl (C=O) groups is 1. The second-order valence-electron chi connectivity index (χ2n) is 6.60. The molecule has 2 aromatic carbocycles. The molecule has 0 aromatic heterocycles. The fraction of sp³-hybridized carbons (Fsp3) is 0.318. The molecule has 0 atom stereocenters. The third-order valence-electron chi connectivity index (χ3n) is 4.80. The van der Waals surface area contributed by atoms with E-state index in [0.29, 0.717) is 18.8 Å². The zero-order valence-corrected chi connectivity index (χ0v) is 16.1. The fourth-order valence-corrected chi connectivity index (χ4v) is 3.52. The Morgan fingerprint density at radius 2 is 1.93 bits per heavy atom. The Morgan fingerprint density at radius 1 is 1.15 bits per heavy atom. The SMILES string of the molecule is COc1cc(OCC2=C(c3ccc(Cl)cc3)CCC2)ccc1CCC(=O)O. The van der Waals surface area contributed by atoms with Crippen LogP contribution in [0.15, 0.2) is 48.0 Å². The highest BCUT2D eigenvalue weighted by Crippen LogP contribution is 2.35. The summed E-state index contributed by atoms with van der Waals surface area (Å²) in [5.74, 6) is 0.563. The van der Waals surface area contributed by atoms with E-state index in [0.717, 1.165) is 35.6 Å². The van der Waals surface area contributed by atoms with Gasteiger partial charge in [-0.15, -0.1) is 0 Å². The zero-order chi connectivity index (χ0) is 19.2. The molecule has 0 saturated carbocycles. The van der Waals surface area contributed by atoms with Crippen LogP contribution in [-0.4, -0.2) is 24.8 Å². The van der Waals surface area contributed by atoms with E-state index < -0.39 is 5.97 Å². The normalized spacial score (nSPS) is 13.7. The lowest BCUT2D eigenvalue weighted by atomic mass is 10.0. The van der Waals surface area contributed by atoms with Crippen molar-refractivity contribution in [2.75, 3.05) is 13.7 Å². The maximum atomic E-state index is 10.8. The standard InChI is InChI=1S/C22H23ClO4/c1-26-21-13-19(11-7-16(21)8-12-22(24)25)27-14-17-3-2-4-20(17)15-5-9-18(23)10-6-15/h5-7,9-11,13H,2-4,8,12,14H2,1H3,(H,24,25). The average Bonchev–Trinajstić information content (AvgIpc) is 3.14. The van der Waals surface area contributed by atoms with Gasteiger partial charge in [0.05, 0.1) is 7.11 Å². The molecule has 0 aliphatic heterocycles. The number of halogens is 1. The number of ether oxygens (including phenoxy) is 2. The molecule has 0 radical (unpaired) electrons. The van der Waals surface area contributed by atoms with Crippen molar-refractivity contribution in [1.82, 2.24) is 0 Å². The predicted octanol–water partition coefficient (Wildman–Crippen LogP) is 5.38. The summed E-state index contributed by atoms with van der Waals surface area (Å²) in [6.07, 6.45) is 3.73. The highest BCUT2D eigenvalue weighted by Gasteiger charge is 2.17. The second kappa shape index (κ2) is 8.96. The van der Waals surface area contributed by atoms with Crippen LogP contribution in [-0.2, 0) is 11.2 Å². The molecule has 5 heteroatoms. The molecule has 4 nitrogen and oxygen atoms in total. The highest BCUT2D eigenvalue weighted by atomic mass is 35.5. The number of rotatable bonds is 8. The van der Waals surface area contributed by atoms with Gasteiger partial charge in [-0.25, -0.2) is 0 Å². The van der Waals surface area contributed by atoms with Crippen molar-refractivity contribution in [3.63, 3.8) is 0 Å². The van der Waals surface area contributed by atoms with Gasteiger partial charge in [-0.2, -0.15) is 0 Å². The minimum atomic E-state index is -0.819. The largest absolute Gasteiger partial charge is 0.496 e. The number of aryl methyl sites for hydroxylation is 1. The first-order valence-corrected chi connectivity index (χ1v) is 9.43. The molecule has 3 rings (SSSR count). The van der Waals surface area contributed by atoms with Crippen LogP contribution in [0.3, 0.4) is 0 Å².